The van der Waals surface area contributed by atoms with E-state index in [-0.39, 0.29) is 11.8 Å². The van der Waals surface area contributed by atoms with Gasteiger partial charge in [-0.3, -0.25) is 9.59 Å². The molecule has 2 amide bonds. The fourth-order valence-electron chi connectivity index (χ4n) is 4.95. The molecule has 1 N–H and O–H groups in total. The van der Waals surface area contributed by atoms with E-state index in [2.05, 4.69) is 34.5 Å². The number of hydrogen-bond acceptors (Lipinski definition) is 3. The molecule has 0 unspecified atom stereocenters. The number of carbonyl (C=O) groups is 2. The average Bonchev–Trinajstić information content (AvgIpc) is 2.92. The molecule has 3 aromatic rings. The van der Waals surface area contributed by atoms with Crippen molar-refractivity contribution in [1.82, 2.24) is 4.90 Å². The Morgan fingerprint density at radius 3 is 2.34 bits per heavy atom. The summed E-state index contributed by atoms with van der Waals surface area (Å²) in [5, 5.41) is 2.94. The lowest BCUT2D eigenvalue weighted by Gasteiger charge is -2.34. The first-order valence-electron chi connectivity index (χ1n) is 12.5. The summed E-state index contributed by atoms with van der Waals surface area (Å²) in [6, 6.07) is 24.0. The number of likely N-dealkylation sites (tertiary alicyclic amines) is 1. The molecule has 1 fully saturated rings. The molecule has 5 rings (SSSR count). The highest BCUT2D eigenvalue weighted by atomic mass is 16.2. The fraction of sp³-hybridized carbons (Fsp3) is 0.267. The predicted octanol–water partition coefficient (Wildman–Crippen LogP) is 5.53. The molecule has 0 spiro atoms. The lowest BCUT2D eigenvalue weighted by Crippen LogP contribution is -2.38. The molecule has 2 aliphatic rings. The maximum Gasteiger partial charge on any atom is 0.256 e. The van der Waals surface area contributed by atoms with E-state index < -0.39 is 0 Å². The van der Waals surface area contributed by atoms with Crippen LogP contribution in [0.15, 0.2) is 78.9 Å². The van der Waals surface area contributed by atoms with Crippen molar-refractivity contribution < 1.29 is 9.59 Å². The minimum absolute atomic E-state index is 0.0504. The molecule has 35 heavy (non-hydrogen) atoms. The van der Waals surface area contributed by atoms with Crippen molar-refractivity contribution in [3.63, 3.8) is 0 Å². The molecule has 0 atom stereocenters. The minimum atomic E-state index is -0.218. The van der Waals surface area contributed by atoms with E-state index in [1.807, 2.05) is 53.4 Å². The van der Waals surface area contributed by atoms with Gasteiger partial charge in [-0.15, -0.1) is 0 Å². The molecule has 0 aliphatic carbocycles. The van der Waals surface area contributed by atoms with Gasteiger partial charge in [-0.1, -0.05) is 54.6 Å². The van der Waals surface area contributed by atoms with Crippen LogP contribution in [-0.4, -0.2) is 36.3 Å². The smallest absolute Gasteiger partial charge is 0.256 e. The molecule has 178 valence electrons. The summed E-state index contributed by atoms with van der Waals surface area (Å²) < 4.78 is 0. The van der Waals surface area contributed by atoms with Crippen molar-refractivity contribution in [3.8, 4) is 0 Å². The van der Waals surface area contributed by atoms with Crippen LogP contribution in [0.25, 0.3) is 6.08 Å². The molecule has 0 radical (unpaired) electrons. The molecule has 3 aromatic carbocycles. The van der Waals surface area contributed by atoms with E-state index in [0.717, 1.165) is 56.7 Å². The van der Waals surface area contributed by atoms with Gasteiger partial charge < -0.3 is 15.1 Å². The number of carbonyl (C=O) groups excluding carboxylic acids is 2. The Hall–Kier alpha value is -3.86. The molecular formula is C30H31N3O2. The number of anilines is 2. The number of benzene rings is 3. The van der Waals surface area contributed by atoms with E-state index >= 15 is 0 Å². The molecule has 5 heteroatoms. The third-order valence-corrected chi connectivity index (χ3v) is 6.84. The van der Waals surface area contributed by atoms with Gasteiger partial charge in [0.25, 0.3) is 5.91 Å². The first kappa shape index (κ1) is 22.9. The zero-order valence-corrected chi connectivity index (χ0v) is 20.0. The van der Waals surface area contributed by atoms with E-state index in [1.165, 1.54) is 23.6 Å². The number of rotatable bonds is 5. The predicted molar refractivity (Wildman–Crippen MR) is 141 cm³/mol. The molecule has 5 nitrogen and oxygen atoms in total. The Bertz CT molecular complexity index is 1230. The number of nitrogens with one attached hydrogen (secondary N) is 1. The maximum absolute atomic E-state index is 13.6. The van der Waals surface area contributed by atoms with Crippen LogP contribution in [0, 0.1) is 0 Å². The summed E-state index contributed by atoms with van der Waals surface area (Å²) >= 11 is 0. The van der Waals surface area contributed by atoms with Crippen LogP contribution < -0.4 is 10.2 Å². The summed E-state index contributed by atoms with van der Waals surface area (Å²) in [5.41, 5.74) is 5.88. The first-order chi connectivity index (χ1) is 17.2. The van der Waals surface area contributed by atoms with E-state index in [9.17, 15) is 9.59 Å². The molecule has 0 aromatic heterocycles. The second kappa shape index (κ2) is 10.6. The van der Waals surface area contributed by atoms with Crippen LogP contribution >= 0.6 is 0 Å². The van der Waals surface area contributed by atoms with Crippen molar-refractivity contribution in [3.05, 3.63) is 101 Å². The standard InChI is InChI=1S/C30H31N3O2/c34-29(16-13-23-9-3-1-4-10-23)31-26-14-15-28(27(21-26)30(35)32-18-7-2-8-19-32)33-20-17-24-11-5-6-12-25(24)22-33/h1,3-6,9-16,21H,2,7-8,17-20,22H2,(H,31,34)/b16-13+. The van der Waals surface area contributed by atoms with E-state index in [0.29, 0.717) is 11.3 Å². The van der Waals surface area contributed by atoms with Gasteiger partial charge in [0, 0.05) is 43.6 Å². The molecule has 0 bridgehead atoms. The van der Waals surface area contributed by atoms with Crippen LogP contribution in [0.2, 0.25) is 0 Å². The lowest BCUT2D eigenvalue weighted by atomic mass is 9.98. The van der Waals surface area contributed by atoms with Crippen LogP contribution in [-0.2, 0) is 17.8 Å². The Balaban J connectivity index is 1.40. The van der Waals surface area contributed by atoms with Crippen molar-refractivity contribution in [2.45, 2.75) is 32.2 Å². The van der Waals surface area contributed by atoms with Crippen LogP contribution in [0.3, 0.4) is 0 Å². The van der Waals surface area contributed by atoms with Gasteiger partial charge in [0.05, 0.1) is 5.56 Å². The normalized spacial score (nSPS) is 15.7. The van der Waals surface area contributed by atoms with Crippen LogP contribution in [0.1, 0.15) is 46.3 Å². The third-order valence-electron chi connectivity index (χ3n) is 6.84. The highest BCUT2D eigenvalue weighted by Gasteiger charge is 2.25. The van der Waals surface area contributed by atoms with Crippen LogP contribution in [0.5, 0.6) is 0 Å². The monoisotopic (exact) mass is 465 g/mol. The van der Waals surface area contributed by atoms with Crippen molar-refractivity contribution in [2.24, 2.45) is 0 Å². The zero-order valence-electron chi connectivity index (χ0n) is 20.0. The van der Waals surface area contributed by atoms with Gasteiger partial charge in [0.2, 0.25) is 5.91 Å². The van der Waals surface area contributed by atoms with E-state index in [1.54, 1.807) is 6.08 Å². The van der Waals surface area contributed by atoms with Gasteiger partial charge >= 0.3 is 0 Å². The average molecular weight is 466 g/mol. The highest BCUT2D eigenvalue weighted by molar-refractivity contribution is 6.05. The molecular weight excluding hydrogens is 434 g/mol. The van der Waals surface area contributed by atoms with Gasteiger partial charge in [-0.25, -0.2) is 0 Å². The summed E-state index contributed by atoms with van der Waals surface area (Å²) in [6.07, 6.45) is 7.52. The fourth-order valence-corrected chi connectivity index (χ4v) is 4.95. The van der Waals surface area contributed by atoms with Crippen molar-refractivity contribution >= 4 is 29.3 Å². The van der Waals surface area contributed by atoms with Gasteiger partial charge in [0.15, 0.2) is 0 Å². The van der Waals surface area contributed by atoms with Crippen molar-refractivity contribution in [1.29, 1.82) is 0 Å². The van der Waals surface area contributed by atoms with Gasteiger partial charge in [0.1, 0.15) is 0 Å². The summed E-state index contributed by atoms with van der Waals surface area (Å²) in [5.74, 6) is -0.167. The quantitative estimate of drug-likeness (QED) is 0.504. The Labute approximate surface area is 207 Å². The summed E-state index contributed by atoms with van der Waals surface area (Å²) in [6.45, 7) is 3.22. The number of piperidine rings is 1. The summed E-state index contributed by atoms with van der Waals surface area (Å²) in [4.78, 5) is 30.5. The molecule has 1 saturated heterocycles. The number of nitrogens with zero attached hydrogens (tertiary/aromatic N) is 2. The molecule has 0 saturated carbocycles. The third kappa shape index (κ3) is 5.46. The SMILES string of the molecule is O=C(/C=C/c1ccccc1)Nc1ccc(N2CCc3ccccc3C2)c(C(=O)N2CCCCC2)c1. The number of hydrogen-bond donors (Lipinski definition) is 1. The van der Waals surface area contributed by atoms with Crippen LogP contribution in [0.4, 0.5) is 11.4 Å². The van der Waals surface area contributed by atoms with E-state index in [4.69, 9.17) is 0 Å². The topological polar surface area (TPSA) is 52.7 Å². The van der Waals surface area contributed by atoms with Gasteiger partial charge in [-0.05, 0) is 66.6 Å². The second-order valence-corrected chi connectivity index (χ2v) is 9.26. The van der Waals surface area contributed by atoms with Gasteiger partial charge in [-0.2, -0.15) is 0 Å². The van der Waals surface area contributed by atoms with Crippen molar-refractivity contribution in [2.75, 3.05) is 29.9 Å². The first-order valence-corrected chi connectivity index (χ1v) is 12.5. The number of fused-ring (bicyclic) bond motifs is 1. The largest absolute Gasteiger partial charge is 0.366 e. The highest BCUT2D eigenvalue weighted by Crippen LogP contribution is 2.31. The molecule has 2 aliphatic heterocycles. The summed E-state index contributed by atoms with van der Waals surface area (Å²) in [7, 11) is 0. The number of amides is 2. The Kier molecular flexibility index (Phi) is 6.94. The second-order valence-electron chi connectivity index (χ2n) is 9.26. The zero-order chi connectivity index (χ0) is 24.0. The minimum Gasteiger partial charge on any atom is -0.366 e. The molecule has 2 heterocycles. The Morgan fingerprint density at radius 2 is 1.54 bits per heavy atom. The Morgan fingerprint density at radius 1 is 0.800 bits per heavy atom. The lowest BCUT2D eigenvalue weighted by molar-refractivity contribution is -0.111. The maximum atomic E-state index is 13.6.